The van der Waals surface area contributed by atoms with Crippen molar-refractivity contribution in [2.45, 2.75) is 26.7 Å². The predicted molar refractivity (Wildman–Crippen MR) is 76.9 cm³/mol. The highest BCUT2D eigenvalue weighted by Crippen LogP contribution is 2.20. The van der Waals surface area contributed by atoms with Gasteiger partial charge in [-0.3, -0.25) is 9.69 Å². The second kappa shape index (κ2) is 6.20. The summed E-state index contributed by atoms with van der Waals surface area (Å²) in [5.74, 6) is 1.75. The Hall–Kier alpha value is -1.35. The molecule has 3 nitrogen and oxygen atoms in total. The van der Waals surface area contributed by atoms with Gasteiger partial charge >= 0.3 is 0 Å². The van der Waals surface area contributed by atoms with E-state index in [-0.39, 0.29) is 5.78 Å². The van der Waals surface area contributed by atoms with Gasteiger partial charge in [-0.25, -0.2) is 0 Å². The van der Waals surface area contributed by atoms with Crippen LogP contribution in [-0.2, 0) is 0 Å². The average molecular weight is 261 g/mol. The average Bonchev–Trinajstić information content (AvgIpc) is 2.38. The Labute approximate surface area is 115 Å². The molecule has 0 spiro atoms. The smallest absolute Gasteiger partial charge is 0.176 e. The Balaban J connectivity index is 2.01. The third-order valence-corrected chi connectivity index (χ3v) is 3.83. The van der Waals surface area contributed by atoms with Crippen molar-refractivity contribution < 1.29 is 9.53 Å². The van der Waals surface area contributed by atoms with Crippen molar-refractivity contribution in [3.8, 4) is 5.75 Å². The molecule has 1 aromatic rings. The number of benzene rings is 1. The fraction of sp³-hybridized carbons (Fsp3) is 0.562. The summed E-state index contributed by atoms with van der Waals surface area (Å²) in [4.78, 5) is 14.6. The minimum absolute atomic E-state index is 0.208. The lowest BCUT2D eigenvalue weighted by atomic mass is 9.99. The highest BCUT2D eigenvalue weighted by Gasteiger charge is 2.19. The lowest BCUT2D eigenvalue weighted by Gasteiger charge is -2.30. The molecule has 2 rings (SSSR count). The van der Waals surface area contributed by atoms with E-state index in [0.717, 1.165) is 30.0 Å². The lowest BCUT2D eigenvalue weighted by Crippen LogP contribution is -2.37. The fourth-order valence-electron chi connectivity index (χ4n) is 2.78. The molecule has 1 heterocycles. The number of aryl methyl sites for hydroxylation is 1. The van der Waals surface area contributed by atoms with Crippen LogP contribution in [0.3, 0.4) is 0 Å². The first kappa shape index (κ1) is 14.1. The van der Waals surface area contributed by atoms with E-state index in [1.165, 1.54) is 12.8 Å². The maximum absolute atomic E-state index is 12.3. The molecule has 0 N–H and O–H groups in total. The molecule has 1 aliphatic rings. The number of carbonyl (C=O) groups excluding carboxylic acids is 1. The summed E-state index contributed by atoms with van der Waals surface area (Å²) < 4.78 is 5.22. The summed E-state index contributed by atoms with van der Waals surface area (Å²) >= 11 is 0. The highest BCUT2D eigenvalue weighted by molar-refractivity contribution is 5.98. The Morgan fingerprint density at radius 3 is 2.89 bits per heavy atom. The number of hydrogen-bond acceptors (Lipinski definition) is 3. The number of nitrogens with zero attached hydrogens (tertiary/aromatic N) is 1. The van der Waals surface area contributed by atoms with Crippen LogP contribution < -0.4 is 4.74 Å². The normalized spacial score (nSPS) is 20.3. The summed E-state index contributed by atoms with van der Waals surface area (Å²) in [6.07, 6.45) is 2.49. The zero-order valence-corrected chi connectivity index (χ0v) is 12.1. The van der Waals surface area contributed by atoms with Crippen molar-refractivity contribution in [2.24, 2.45) is 5.92 Å². The van der Waals surface area contributed by atoms with Gasteiger partial charge in [-0.2, -0.15) is 0 Å². The zero-order chi connectivity index (χ0) is 13.8. The van der Waals surface area contributed by atoms with Crippen LogP contribution in [0.1, 0.15) is 35.7 Å². The van der Waals surface area contributed by atoms with Gasteiger partial charge in [0.05, 0.1) is 13.7 Å². The number of Topliss-reactive ketones (excluding diaryl/α,β-unsaturated/α-hetero) is 1. The Bertz CT molecular complexity index is 456. The van der Waals surface area contributed by atoms with Gasteiger partial charge in [-0.15, -0.1) is 0 Å². The Morgan fingerprint density at radius 2 is 2.26 bits per heavy atom. The van der Waals surface area contributed by atoms with Gasteiger partial charge in [-0.05, 0) is 56.0 Å². The third-order valence-electron chi connectivity index (χ3n) is 3.83. The molecule has 1 aromatic carbocycles. The molecule has 0 aliphatic carbocycles. The van der Waals surface area contributed by atoms with Gasteiger partial charge in [0.25, 0.3) is 0 Å². The van der Waals surface area contributed by atoms with E-state index in [0.29, 0.717) is 12.5 Å². The number of hydrogen-bond donors (Lipinski definition) is 0. The van der Waals surface area contributed by atoms with Crippen LogP contribution in [0.15, 0.2) is 18.2 Å². The van der Waals surface area contributed by atoms with Crippen LogP contribution in [0.4, 0.5) is 0 Å². The highest BCUT2D eigenvalue weighted by atomic mass is 16.5. The topological polar surface area (TPSA) is 29.5 Å². The maximum atomic E-state index is 12.3. The van der Waals surface area contributed by atoms with Gasteiger partial charge < -0.3 is 4.74 Å². The Morgan fingerprint density at radius 1 is 1.47 bits per heavy atom. The van der Waals surface area contributed by atoms with Gasteiger partial charge in [0.15, 0.2) is 5.78 Å². The molecule has 1 aliphatic heterocycles. The third kappa shape index (κ3) is 3.57. The zero-order valence-electron chi connectivity index (χ0n) is 12.1. The molecule has 0 bridgehead atoms. The minimum Gasteiger partial charge on any atom is -0.496 e. The van der Waals surface area contributed by atoms with Crippen molar-refractivity contribution in [3.05, 3.63) is 29.3 Å². The molecule has 1 fully saturated rings. The fourth-order valence-corrected chi connectivity index (χ4v) is 2.78. The largest absolute Gasteiger partial charge is 0.496 e. The van der Waals surface area contributed by atoms with E-state index in [1.807, 2.05) is 25.1 Å². The second-order valence-corrected chi connectivity index (χ2v) is 5.59. The quantitative estimate of drug-likeness (QED) is 0.780. The van der Waals surface area contributed by atoms with Crippen molar-refractivity contribution in [3.63, 3.8) is 0 Å². The van der Waals surface area contributed by atoms with Crippen LogP contribution >= 0.6 is 0 Å². The van der Waals surface area contributed by atoms with Crippen LogP contribution in [0, 0.1) is 12.8 Å². The monoisotopic (exact) mass is 261 g/mol. The molecule has 0 saturated carbocycles. The standard InChI is InChI=1S/C16H23NO2/c1-12-5-4-8-17(10-12)11-15(18)14-6-7-16(19-3)13(2)9-14/h6-7,9,12H,4-5,8,10-11H2,1-3H3. The minimum atomic E-state index is 0.208. The summed E-state index contributed by atoms with van der Waals surface area (Å²) in [5, 5.41) is 0. The molecule has 104 valence electrons. The van der Waals surface area contributed by atoms with E-state index < -0.39 is 0 Å². The predicted octanol–water partition coefficient (Wildman–Crippen LogP) is 2.92. The van der Waals surface area contributed by atoms with Gasteiger partial charge in [-0.1, -0.05) is 6.92 Å². The van der Waals surface area contributed by atoms with Crippen molar-refractivity contribution in [1.29, 1.82) is 0 Å². The van der Waals surface area contributed by atoms with Crippen LogP contribution in [0.2, 0.25) is 0 Å². The summed E-state index contributed by atoms with van der Waals surface area (Å²) in [6.45, 7) is 6.86. The number of likely N-dealkylation sites (tertiary alicyclic amines) is 1. The molecule has 0 amide bonds. The number of methoxy groups -OCH3 is 1. The molecule has 1 unspecified atom stereocenters. The van der Waals surface area contributed by atoms with E-state index in [2.05, 4.69) is 11.8 Å². The Kier molecular flexibility index (Phi) is 4.59. The number of carbonyl (C=O) groups is 1. The molecule has 1 atom stereocenters. The number of piperidine rings is 1. The lowest BCUT2D eigenvalue weighted by molar-refractivity contribution is 0.0893. The van der Waals surface area contributed by atoms with E-state index in [1.54, 1.807) is 7.11 Å². The number of ether oxygens (including phenoxy) is 1. The van der Waals surface area contributed by atoms with Crippen LogP contribution in [0.5, 0.6) is 5.75 Å². The molecule has 0 aromatic heterocycles. The molecule has 1 saturated heterocycles. The van der Waals surface area contributed by atoms with Crippen LogP contribution in [-0.4, -0.2) is 37.4 Å². The summed E-state index contributed by atoms with van der Waals surface area (Å²) in [7, 11) is 1.65. The van der Waals surface area contributed by atoms with E-state index >= 15 is 0 Å². The van der Waals surface area contributed by atoms with Crippen molar-refractivity contribution in [2.75, 3.05) is 26.7 Å². The number of ketones is 1. The molecule has 3 heteroatoms. The van der Waals surface area contributed by atoms with Gasteiger partial charge in [0.1, 0.15) is 5.75 Å². The van der Waals surface area contributed by atoms with E-state index in [4.69, 9.17) is 4.74 Å². The molecule has 0 radical (unpaired) electrons. The first-order valence-corrected chi connectivity index (χ1v) is 7.00. The summed E-state index contributed by atoms with van der Waals surface area (Å²) in [5.41, 5.74) is 1.80. The SMILES string of the molecule is COc1ccc(C(=O)CN2CCCC(C)C2)cc1C. The molecule has 19 heavy (non-hydrogen) atoms. The van der Waals surface area contributed by atoms with Gasteiger partial charge in [0.2, 0.25) is 0 Å². The molecular formula is C16H23NO2. The van der Waals surface area contributed by atoms with Crippen LogP contribution in [0.25, 0.3) is 0 Å². The van der Waals surface area contributed by atoms with Gasteiger partial charge in [0, 0.05) is 12.1 Å². The van der Waals surface area contributed by atoms with E-state index in [9.17, 15) is 4.79 Å². The maximum Gasteiger partial charge on any atom is 0.176 e. The first-order chi connectivity index (χ1) is 9.10. The summed E-state index contributed by atoms with van der Waals surface area (Å²) in [6, 6.07) is 5.66. The molecular weight excluding hydrogens is 238 g/mol. The van der Waals surface area contributed by atoms with Crippen molar-refractivity contribution >= 4 is 5.78 Å². The second-order valence-electron chi connectivity index (χ2n) is 5.59. The first-order valence-electron chi connectivity index (χ1n) is 7.00. The number of rotatable bonds is 4. The van der Waals surface area contributed by atoms with Crippen molar-refractivity contribution in [1.82, 2.24) is 4.90 Å².